The highest BCUT2D eigenvalue weighted by Crippen LogP contribution is 2.20. The molecule has 0 aliphatic carbocycles. The van der Waals surface area contributed by atoms with Crippen LogP contribution in [0.2, 0.25) is 0 Å². The Kier molecular flexibility index (Phi) is 14.4. The zero-order valence-electron chi connectivity index (χ0n) is 25.6. The van der Waals surface area contributed by atoms with E-state index in [1.807, 2.05) is 0 Å². The lowest BCUT2D eigenvalue weighted by Crippen LogP contribution is -2.60. The standard InChI is InChI=1S/C28H46N6O9S/c1-14(2)11-17(24(38)31-18(28(42)43)12-21(35)36)30-26(40)22(15(3)4)33-25(39)20-8-6-10-34(20)27(41)19(13-44)32-23(37)16-7-5-9-29-16/h14-20,22,29,44H,5-13H2,1-4H3,(H,30,40)(H,31,38)(H,32,37)(H,33,39)(H,35,36)(H,42,43)/t16-,17-,18-,19-,20-,22-/m0/s1. The molecule has 0 aromatic heterocycles. The van der Waals surface area contributed by atoms with Gasteiger partial charge in [0.1, 0.15) is 30.2 Å². The molecule has 2 saturated heterocycles. The van der Waals surface area contributed by atoms with Gasteiger partial charge < -0.3 is 41.7 Å². The second-order valence-corrected chi connectivity index (χ2v) is 12.4. The molecular weight excluding hydrogens is 596 g/mol. The van der Waals surface area contributed by atoms with Crippen LogP contribution in [-0.2, 0) is 33.6 Å². The van der Waals surface area contributed by atoms with Crippen LogP contribution in [0.25, 0.3) is 0 Å². The minimum atomic E-state index is -1.70. The van der Waals surface area contributed by atoms with Crippen LogP contribution in [0.15, 0.2) is 0 Å². The van der Waals surface area contributed by atoms with E-state index in [1.54, 1.807) is 27.7 Å². The molecular formula is C28H46N6O9S. The molecule has 2 aliphatic heterocycles. The number of hydrogen-bond donors (Lipinski definition) is 8. The third kappa shape index (κ3) is 10.6. The minimum absolute atomic E-state index is 0.0354. The monoisotopic (exact) mass is 642 g/mol. The lowest BCUT2D eigenvalue weighted by atomic mass is 9.99. The lowest BCUT2D eigenvalue weighted by Gasteiger charge is -2.31. The smallest absolute Gasteiger partial charge is 0.326 e. The van der Waals surface area contributed by atoms with Gasteiger partial charge in [-0.15, -0.1) is 0 Å². The molecule has 248 valence electrons. The molecule has 0 unspecified atom stereocenters. The second kappa shape index (κ2) is 17.2. The maximum atomic E-state index is 13.4. The van der Waals surface area contributed by atoms with Gasteiger partial charge in [0.05, 0.1) is 12.5 Å². The van der Waals surface area contributed by atoms with Crippen LogP contribution in [0.5, 0.6) is 0 Å². The molecule has 2 fully saturated rings. The first-order valence-electron chi connectivity index (χ1n) is 15.0. The molecule has 15 nitrogen and oxygen atoms in total. The van der Waals surface area contributed by atoms with Crippen LogP contribution in [-0.4, -0.2) is 112 Å². The van der Waals surface area contributed by atoms with E-state index in [0.717, 1.165) is 6.42 Å². The Hall–Kier alpha value is -3.40. The van der Waals surface area contributed by atoms with Gasteiger partial charge in [-0.25, -0.2) is 4.79 Å². The summed E-state index contributed by atoms with van der Waals surface area (Å²) in [5.74, 6) is -6.34. The Morgan fingerprint density at radius 3 is 2.02 bits per heavy atom. The predicted octanol–water partition coefficient (Wildman–Crippen LogP) is -1.14. The summed E-state index contributed by atoms with van der Waals surface area (Å²) in [6, 6.07) is -6.21. The number of carboxylic acids is 2. The van der Waals surface area contributed by atoms with Crippen LogP contribution >= 0.6 is 12.6 Å². The largest absolute Gasteiger partial charge is 0.481 e. The fourth-order valence-electron chi connectivity index (χ4n) is 5.27. The maximum Gasteiger partial charge on any atom is 0.326 e. The summed E-state index contributed by atoms with van der Waals surface area (Å²) in [5.41, 5.74) is 0. The Labute approximate surface area is 262 Å². The molecule has 16 heteroatoms. The number of hydrogen-bond acceptors (Lipinski definition) is 9. The van der Waals surface area contributed by atoms with Crippen LogP contribution < -0.4 is 26.6 Å². The van der Waals surface area contributed by atoms with Gasteiger partial charge in [-0.1, -0.05) is 27.7 Å². The Morgan fingerprint density at radius 1 is 0.841 bits per heavy atom. The SMILES string of the molecule is CC(C)C[C@H](NC(=O)[C@@H](NC(=O)[C@@H]1CCCN1C(=O)[C@H](CS)NC(=O)[C@@H]1CCCN1)C(C)C)C(=O)N[C@@H](CC(=O)O)C(=O)O. The van der Waals surface area contributed by atoms with Gasteiger partial charge in [0.15, 0.2) is 0 Å². The molecule has 0 spiro atoms. The number of rotatable bonds is 16. The molecule has 0 aromatic carbocycles. The quantitative estimate of drug-likeness (QED) is 0.0945. The van der Waals surface area contributed by atoms with Crippen molar-refractivity contribution in [1.29, 1.82) is 0 Å². The molecule has 0 saturated carbocycles. The molecule has 2 rings (SSSR count). The fourth-order valence-corrected chi connectivity index (χ4v) is 5.51. The number of nitrogens with zero attached hydrogens (tertiary/aromatic N) is 1. The number of likely N-dealkylation sites (tertiary alicyclic amines) is 1. The summed E-state index contributed by atoms with van der Waals surface area (Å²) in [6.07, 6.45) is 1.67. The Bertz CT molecular complexity index is 1080. The van der Waals surface area contributed by atoms with E-state index >= 15 is 0 Å². The predicted molar refractivity (Wildman–Crippen MR) is 162 cm³/mol. The third-order valence-corrected chi connectivity index (χ3v) is 7.96. The summed E-state index contributed by atoms with van der Waals surface area (Å²) in [4.78, 5) is 89.7. The second-order valence-electron chi connectivity index (χ2n) is 12.0. The highest BCUT2D eigenvalue weighted by Gasteiger charge is 2.40. The molecule has 0 radical (unpaired) electrons. The van der Waals surface area contributed by atoms with Crippen molar-refractivity contribution in [2.75, 3.05) is 18.8 Å². The molecule has 5 amide bonds. The summed E-state index contributed by atoms with van der Waals surface area (Å²) < 4.78 is 0. The van der Waals surface area contributed by atoms with Crippen molar-refractivity contribution in [1.82, 2.24) is 31.5 Å². The number of amides is 5. The highest BCUT2D eigenvalue weighted by atomic mass is 32.1. The van der Waals surface area contributed by atoms with E-state index in [9.17, 15) is 38.7 Å². The van der Waals surface area contributed by atoms with Crippen LogP contribution in [0, 0.1) is 11.8 Å². The van der Waals surface area contributed by atoms with Gasteiger partial charge in [-0.05, 0) is 50.5 Å². The van der Waals surface area contributed by atoms with Gasteiger partial charge in [-0.3, -0.25) is 28.8 Å². The number of nitrogens with one attached hydrogen (secondary N) is 5. The van der Waals surface area contributed by atoms with Gasteiger partial charge in [0.25, 0.3) is 0 Å². The average Bonchev–Trinajstić information content (AvgIpc) is 3.65. The Morgan fingerprint density at radius 2 is 1.50 bits per heavy atom. The third-order valence-electron chi connectivity index (χ3n) is 7.59. The zero-order chi connectivity index (χ0) is 33.1. The minimum Gasteiger partial charge on any atom is -0.481 e. The van der Waals surface area contributed by atoms with Gasteiger partial charge in [0, 0.05) is 12.3 Å². The first kappa shape index (κ1) is 36.8. The van der Waals surface area contributed by atoms with Gasteiger partial charge >= 0.3 is 11.9 Å². The summed E-state index contributed by atoms with van der Waals surface area (Å²) in [6.45, 7) is 7.96. The summed E-state index contributed by atoms with van der Waals surface area (Å²) >= 11 is 4.24. The molecule has 7 N–H and O–H groups in total. The van der Waals surface area contributed by atoms with E-state index < -0.39 is 78.1 Å². The topological polar surface area (TPSA) is 223 Å². The van der Waals surface area contributed by atoms with Crippen molar-refractivity contribution < 1.29 is 43.8 Å². The van der Waals surface area contributed by atoms with Crippen molar-refractivity contribution in [3.05, 3.63) is 0 Å². The molecule has 6 atom stereocenters. The number of carboxylic acid groups (broad SMARTS) is 2. The molecule has 2 aliphatic rings. The number of aliphatic carboxylic acids is 2. The molecule has 0 bridgehead atoms. The fraction of sp³-hybridized carbons (Fsp3) is 0.750. The van der Waals surface area contributed by atoms with Gasteiger partial charge in [-0.2, -0.15) is 12.6 Å². The van der Waals surface area contributed by atoms with E-state index in [-0.39, 0.29) is 36.6 Å². The average molecular weight is 643 g/mol. The van der Waals surface area contributed by atoms with E-state index in [1.165, 1.54) is 4.90 Å². The molecule has 44 heavy (non-hydrogen) atoms. The molecule has 2 heterocycles. The summed E-state index contributed by atoms with van der Waals surface area (Å²) in [5, 5.41) is 31.6. The van der Waals surface area contributed by atoms with Crippen LogP contribution in [0.1, 0.15) is 66.2 Å². The van der Waals surface area contributed by atoms with Crippen molar-refractivity contribution >= 4 is 54.1 Å². The van der Waals surface area contributed by atoms with E-state index in [2.05, 4.69) is 39.2 Å². The maximum absolute atomic E-state index is 13.4. The molecule has 0 aromatic rings. The van der Waals surface area contributed by atoms with Crippen molar-refractivity contribution in [2.24, 2.45) is 11.8 Å². The highest BCUT2D eigenvalue weighted by molar-refractivity contribution is 7.80. The Balaban J connectivity index is 2.12. The van der Waals surface area contributed by atoms with Crippen molar-refractivity contribution in [3.63, 3.8) is 0 Å². The van der Waals surface area contributed by atoms with Crippen molar-refractivity contribution in [3.8, 4) is 0 Å². The van der Waals surface area contributed by atoms with Crippen molar-refractivity contribution in [2.45, 2.75) is 102 Å². The van der Waals surface area contributed by atoms with Crippen LogP contribution in [0.4, 0.5) is 0 Å². The zero-order valence-corrected chi connectivity index (χ0v) is 26.5. The normalized spacial score (nSPS) is 20.8. The van der Waals surface area contributed by atoms with Crippen LogP contribution in [0.3, 0.4) is 0 Å². The number of carbonyl (C=O) groups is 7. The first-order valence-corrected chi connectivity index (χ1v) is 15.6. The van der Waals surface area contributed by atoms with Gasteiger partial charge in [0.2, 0.25) is 29.5 Å². The lowest BCUT2D eigenvalue weighted by molar-refractivity contribution is -0.147. The van der Waals surface area contributed by atoms with E-state index in [4.69, 9.17) is 5.11 Å². The summed E-state index contributed by atoms with van der Waals surface area (Å²) in [7, 11) is 0. The number of thiol groups is 1. The number of carbonyl (C=O) groups excluding carboxylic acids is 5. The van der Waals surface area contributed by atoms with E-state index in [0.29, 0.717) is 25.8 Å². The first-order chi connectivity index (χ1) is 20.7.